The SMILES string of the molecule is CO[C@@H]1C[C@H](c2ccccc2)Nc2ccccc21. The Labute approximate surface area is 108 Å². The monoisotopic (exact) mass is 239 g/mol. The Balaban J connectivity index is 1.95. The molecule has 0 saturated carbocycles. The van der Waals surface area contributed by atoms with Crippen molar-refractivity contribution >= 4 is 5.69 Å². The van der Waals surface area contributed by atoms with Gasteiger partial charge in [-0.2, -0.15) is 0 Å². The van der Waals surface area contributed by atoms with Gasteiger partial charge in [0.15, 0.2) is 0 Å². The van der Waals surface area contributed by atoms with Crippen LogP contribution in [-0.4, -0.2) is 7.11 Å². The van der Waals surface area contributed by atoms with Crippen LogP contribution < -0.4 is 5.32 Å². The molecule has 1 aliphatic heterocycles. The molecular formula is C16H17NO. The fraction of sp³-hybridized carbons (Fsp3) is 0.250. The zero-order valence-corrected chi connectivity index (χ0v) is 10.5. The van der Waals surface area contributed by atoms with E-state index in [1.165, 1.54) is 16.8 Å². The summed E-state index contributed by atoms with van der Waals surface area (Å²) in [5.74, 6) is 0. The standard InChI is InChI=1S/C16H17NO/c1-18-16-11-15(12-7-3-2-4-8-12)17-14-10-6-5-9-13(14)16/h2-10,15-17H,11H2,1H3/t15-,16-/m1/s1. The van der Waals surface area contributed by atoms with Crippen LogP contribution >= 0.6 is 0 Å². The second-order valence-corrected chi connectivity index (χ2v) is 4.65. The van der Waals surface area contributed by atoms with Gasteiger partial charge >= 0.3 is 0 Å². The molecule has 2 heteroatoms. The molecule has 18 heavy (non-hydrogen) atoms. The van der Waals surface area contributed by atoms with Gasteiger partial charge in [0, 0.05) is 24.8 Å². The summed E-state index contributed by atoms with van der Waals surface area (Å²) < 4.78 is 5.63. The molecule has 1 N–H and O–H groups in total. The molecular weight excluding hydrogens is 222 g/mol. The normalized spacial score (nSPS) is 22.1. The van der Waals surface area contributed by atoms with Crippen molar-refractivity contribution < 1.29 is 4.74 Å². The van der Waals surface area contributed by atoms with Crippen molar-refractivity contribution in [1.29, 1.82) is 0 Å². The summed E-state index contributed by atoms with van der Waals surface area (Å²) in [4.78, 5) is 0. The molecule has 0 fully saturated rings. The Morgan fingerprint density at radius 1 is 1.00 bits per heavy atom. The Morgan fingerprint density at radius 2 is 1.72 bits per heavy atom. The second-order valence-electron chi connectivity index (χ2n) is 4.65. The highest BCUT2D eigenvalue weighted by molar-refractivity contribution is 5.56. The number of para-hydroxylation sites is 1. The predicted molar refractivity (Wildman–Crippen MR) is 73.6 cm³/mol. The van der Waals surface area contributed by atoms with Crippen molar-refractivity contribution in [2.45, 2.75) is 18.6 Å². The van der Waals surface area contributed by atoms with E-state index in [4.69, 9.17) is 4.74 Å². The van der Waals surface area contributed by atoms with Crippen LogP contribution in [0, 0.1) is 0 Å². The Hall–Kier alpha value is -1.80. The molecule has 2 aromatic carbocycles. The van der Waals surface area contributed by atoms with Crippen LogP contribution in [0.25, 0.3) is 0 Å². The zero-order valence-electron chi connectivity index (χ0n) is 10.5. The maximum absolute atomic E-state index is 5.63. The van der Waals surface area contributed by atoms with Crippen molar-refractivity contribution in [1.82, 2.24) is 0 Å². The predicted octanol–water partition coefficient (Wildman–Crippen LogP) is 3.93. The first-order chi connectivity index (χ1) is 8.88. The maximum Gasteiger partial charge on any atom is 0.0863 e. The highest BCUT2D eigenvalue weighted by Crippen LogP contribution is 2.40. The Morgan fingerprint density at radius 3 is 2.50 bits per heavy atom. The summed E-state index contributed by atoms with van der Waals surface area (Å²) in [5.41, 5.74) is 3.76. The third-order valence-corrected chi connectivity index (χ3v) is 3.57. The average Bonchev–Trinajstić information content (AvgIpc) is 2.47. The van der Waals surface area contributed by atoms with E-state index < -0.39 is 0 Å². The minimum absolute atomic E-state index is 0.174. The topological polar surface area (TPSA) is 21.3 Å². The highest BCUT2D eigenvalue weighted by Gasteiger charge is 2.26. The van der Waals surface area contributed by atoms with Gasteiger partial charge in [-0.25, -0.2) is 0 Å². The Kier molecular flexibility index (Phi) is 3.03. The number of hydrogen-bond acceptors (Lipinski definition) is 2. The molecule has 1 aliphatic rings. The van der Waals surface area contributed by atoms with Gasteiger partial charge in [0.2, 0.25) is 0 Å². The largest absolute Gasteiger partial charge is 0.378 e. The van der Waals surface area contributed by atoms with Crippen LogP contribution in [0.1, 0.15) is 29.7 Å². The van der Waals surface area contributed by atoms with E-state index in [0.29, 0.717) is 6.04 Å². The molecule has 0 radical (unpaired) electrons. The first kappa shape index (κ1) is 11.3. The number of nitrogens with one attached hydrogen (secondary N) is 1. The summed E-state index contributed by atoms with van der Waals surface area (Å²) >= 11 is 0. The molecule has 0 aromatic heterocycles. The third-order valence-electron chi connectivity index (χ3n) is 3.57. The van der Waals surface area contributed by atoms with E-state index in [1.807, 2.05) is 6.07 Å². The number of ether oxygens (including phenoxy) is 1. The van der Waals surface area contributed by atoms with Gasteiger partial charge in [0.05, 0.1) is 12.1 Å². The molecule has 0 aliphatic carbocycles. The first-order valence-corrected chi connectivity index (χ1v) is 6.31. The fourth-order valence-electron chi connectivity index (χ4n) is 2.62. The molecule has 0 unspecified atom stereocenters. The van der Waals surface area contributed by atoms with Gasteiger partial charge in [-0.3, -0.25) is 0 Å². The minimum Gasteiger partial charge on any atom is -0.378 e. The summed E-state index contributed by atoms with van der Waals surface area (Å²) in [6.45, 7) is 0. The van der Waals surface area contributed by atoms with Crippen LogP contribution in [0.15, 0.2) is 54.6 Å². The van der Waals surface area contributed by atoms with Crippen LogP contribution in [-0.2, 0) is 4.74 Å². The van der Waals surface area contributed by atoms with Crippen molar-refractivity contribution in [3.05, 3.63) is 65.7 Å². The van der Waals surface area contributed by atoms with Gasteiger partial charge in [-0.05, 0) is 11.6 Å². The number of methoxy groups -OCH3 is 1. The number of rotatable bonds is 2. The van der Waals surface area contributed by atoms with Gasteiger partial charge in [-0.1, -0.05) is 48.5 Å². The molecule has 0 spiro atoms. The van der Waals surface area contributed by atoms with E-state index >= 15 is 0 Å². The lowest BCUT2D eigenvalue weighted by Gasteiger charge is -2.32. The molecule has 2 nitrogen and oxygen atoms in total. The maximum atomic E-state index is 5.63. The van der Waals surface area contributed by atoms with Crippen molar-refractivity contribution in [2.75, 3.05) is 12.4 Å². The van der Waals surface area contributed by atoms with E-state index in [0.717, 1.165) is 6.42 Å². The van der Waals surface area contributed by atoms with E-state index in [2.05, 4.69) is 53.8 Å². The summed E-state index contributed by atoms with van der Waals surface area (Å²) in [7, 11) is 1.79. The fourth-order valence-corrected chi connectivity index (χ4v) is 2.62. The number of fused-ring (bicyclic) bond motifs is 1. The zero-order chi connectivity index (χ0) is 12.4. The molecule has 0 saturated heterocycles. The number of hydrogen-bond donors (Lipinski definition) is 1. The minimum atomic E-state index is 0.174. The second kappa shape index (κ2) is 4.83. The molecule has 1 heterocycles. The van der Waals surface area contributed by atoms with Crippen LogP contribution in [0.5, 0.6) is 0 Å². The van der Waals surface area contributed by atoms with Crippen molar-refractivity contribution in [3.63, 3.8) is 0 Å². The lowest BCUT2D eigenvalue weighted by molar-refractivity contribution is 0.0879. The van der Waals surface area contributed by atoms with E-state index in [9.17, 15) is 0 Å². The summed E-state index contributed by atoms with van der Waals surface area (Å²) in [6, 6.07) is 19.3. The number of anilines is 1. The van der Waals surface area contributed by atoms with E-state index in [-0.39, 0.29) is 6.10 Å². The first-order valence-electron chi connectivity index (χ1n) is 6.31. The highest BCUT2D eigenvalue weighted by atomic mass is 16.5. The average molecular weight is 239 g/mol. The van der Waals surface area contributed by atoms with Gasteiger partial charge in [0.25, 0.3) is 0 Å². The lowest BCUT2D eigenvalue weighted by Crippen LogP contribution is -2.22. The van der Waals surface area contributed by atoms with Gasteiger partial charge in [-0.15, -0.1) is 0 Å². The summed E-state index contributed by atoms with van der Waals surface area (Å²) in [6.07, 6.45) is 1.14. The van der Waals surface area contributed by atoms with Crippen molar-refractivity contribution in [2.24, 2.45) is 0 Å². The molecule has 2 aromatic rings. The van der Waals surface area contributed by atoms with Crippen LogP contribution in [0.3, 0.4) is 0 Å². The molecule has 3 rings (SSSR count). The molecule has 2 atom stereocenters. The smallest absolute Gasteiger partial charge is 0.0863 e. The van der Waals surface area contributed by atoms with E-state index in [1.54, 1.807) is 7.11 Å². The van der Waals surface area contributed by atoms with Crippen LogP contribution in [0.2, 0.25) is 0 Å². The number of benzene rings is 2. The lowest BCUT2D eigenvalue weighted by atomic mass is 9.91. The van der Waals surface area contributed by atoms with Gasteiger partial charge in [0.1, 0.15) is 0 Å². The van der Waals surface area contributed by atoms with Gasteiger partial charge < -0.3 is 10.1 Å². The van der Waals surface area contributed by atoms with Crippen LogP contribution in [0.4, 0.5) is 5.69 Å². The third kappa shape index (κ3) is 2.00. The quantitative estimate of drug-likeness (QED) is 0.857. The van der Waals surface area contributed by atoms with Crippen molar-refractivity contribution in [3.8, 4) is 0 Å². The molecule has 0 bridgehead atoms. The molecule has 92 valence electrons. The molecule has 0 amide bonds. The summed E-state index contributed by atoms with van der Waals surface area (Å²) in [5, 5.41) is 3.60. The Bertz CT molecular complexity index is 524.